The van der Waals surface area contributed by atoms with E-state index in [0.717, 1.165) is 12.8 Å². The summed E-state index contributed by atoms with van der Waals surface area (Å²) in [6, 6.07) is 0. The third-order valence-electron chi connectivity index (χ3n) is 2.74. The second-order valence-electron chi connectivity index (χ2n) is 3.77. The van der Waals surface area contributed by atoms with E-state index < -0.39 is 5.60 Å². The monoisotopic (exact) mass is 234 g/mol. The molecule has 0 bridgehead atoms. The van der Waals surface area contributed by atoms with Crippen LogP contribution in [0.5, 0.6) is 0 Å². The minimum absolute atomic E-state index is 0.0607. The number of carbonyl (C=O) groups excluding carboxylic acids is 1. The molecule has 0 saturated heterocycles. The van der Waals surface area contributed by atoms with E-state index in [2.05, 4.69) is 22.9 Å². The summed E-state index contributed by atoms with van der Waals surface area (Å²) in [6.45, 7) is 2.16. The number of carbonyl (C=O) groups is 1. The van der Waals surface area contributed by atoms with Gasteiger partial charge in [-0.2, -0.15) is 0 Å². The Kier molecular flexibility index (Phi) is 3.29. The van der Waals surface area contributed by atoms with Gasteiger partial charge >= 0.3 is 0 Å². The second-order valence-corrected chi connectivity index (χ2v) is 4.33. The van der Waals surface area contributed by atoms with Crippen LogP contribution in [0.2, 0.25) is 0 Å². The summed E-state index contributed by atoms with van der Waals surface area (Å²) in [5, 5.41) is 10.2. The normalized spacial score (nSPS) is 36.4. The minimum atomic E-state index is -1.02. The third-order valence-corrected chi connectivity index (χ3v) is 3.25. The maximum absolute atomic E-state index is 11.3. The summed E-state index contributed by atoms with van der Waals surface area (Å²) in [5.41, 5.74) is -1.02. The van der Waals surface area contributed by atoms with Crippen molar-refractivity contribution in [1.82, 2.24) is 0 Å². The molecule has 0 radical (unpaired) electrons. The number of halogens is 1. The Morgan fingerprint density at radius 1 is 1.58 bits per heavy atom. The van der Waals surface area contributed by atoms with Crippen molar-refractivity contribution in [2.45, 2.75) is 38.2 Å². The fraction of sp³-hybridized carbons (Fsp3) is 0.889. The highest BCUT2D eigenvalue weighted by Crippen LogP contribution is 2.32. The molecule has 0 atom stereocenters. The van der Waals surface area contributed by atoms with Crippen LogP contribution in [-0.2, 0) is 4.79 Å². The number of rotatable bonds is 2. The van der Waals surface area contributed by atoms with E-state index in [1.807, 2.05) is 0 Å². The summed E-state index contributed by atoms with van der Waals surface area (Å²) >= 11 is 3.09. The zero-order valence-corrected chi connectivity index (χ0v) is 8.93. The van der Waals surface area contributed by atoms with E-state index in [9.17, 15) is 9.90 Å². The van der Waals surface area contributed by atoms with Crippen molar-refractivity contribution in [3.05, 3.63) is 0 Å². The SMILES string of the molecule is CC1CCC(O)(C(=O)CBr)CC1. The fourth-order valence-corrected chi connectivity index (χ4v) is 2.16. The summed E-state index contributed by atoms with van der Waals surface area (Å²) in [7, 11) is 0. The zero-order valence-electron chi connectivity index (χ0n) is 7.35. The molecular formula is C9H15BrO2. The van der Waals surface area contributed by atoms with Gasteiger partial charge < -0.3 is 5.11 Å². The molecule has 0 spiro atoms. The Morgan fingerprint density at radius 2 is 2.08 bits per heavy atom. The molecule has 0 unspecified atom stereocenters. The van der Waals surface area contributed by atoms with Crippen molar-refractivity contribution in [3.63, 3.8) is 0 Å². The first kappa shape index (κ1) is 10.2. The lowest BCUT2D eigenvalue weighted by molar-refractivity contribution is -0.138. The lowest BCUT2D eigenvalue weighted by Crippen LogP contribution is -2.42. The molecule has 1 aliphatic rings. The Hall–Kier alpha value is 0.110. The van der Waals surface area contributed by atoms with E-state index in [4.69, 9.17) is 0 Å². The average molecular weight is 235 g/mol. The van der Waals surface area contributed by atoms with Crippen LogP contribution in [0.4, 0.5) is 0 Å². The number of hydrogen-bond donors (Lipinski definition) is 1. The Bertz CT molecular complexity index is 171. The van der Waals surface area contributed by atoms with E-state index in [1.54, 1.807) is 0 Å². The number of hydrogen-bond acceptors (Lipinski definition) is 2. The van der Waals surface area contributed by atoms with Gasteiger partial charge in [0, 0.05) is 0 Å². The minimum Gasteiger partial charge on any atom is -0.382 e. The van der Waals surface area contributed by atoms with Crippen molar-refractivity contribution in [1.29, 1.82) is 0 Å². The largest absolute Gasteiger partial charge is 0.382 e. The standard InChI is InChI=1S/C9H15BrO2/c1-7-2-4-9(12,5-3-7)8(11)6-10/h7,12H,2-6H2,1H3. The van der Waals surface area contributed by atoms with Crippen LogP contribution in [-0.4, -0.2) is 21.8 Å². The summed E-state index contributed by atoms with van der Waals surface area (Å²) < 4.78 is 0. The highest BCUT2D eigenvalue weighted by molar-refractivity contribution is 9.09. The van der Waals surface area contributed by atoms with Crippen LogP contribution in [0.25, 0.3) is 0 Å². The van der Waals surface area contributed by atoms with Crippen LogP contribution < -0.4 is 0 Å². The molecule has 1 rings (SSSR count). The van der Waals surface area contributed by atoms with Crippen molar-refractivity contribution in [2.24, 2.45) is 5.92 Å². The topological polar surface area (TPSA) is 37.3 Å². The molecule has 1 aliphatic carbocycles. The molecule has 0 aromatic heterocycles. The number of aliphatic hydroxyl groups is 1. The summed E-state index contributed by atoms with van der Waals surface area (Å²) in [5.74, 6) is 0.600. The molecule has 0 heterocycles. The van der Waals surface area contributed by atoms with Crippen LogP contribution in [0.15, 0.2) is 0 Å². The van der Waals surface area contributed by atoms with Gasteiger partial charge in [0.25, 0.3) is 0 Å². The Labute approximate surface area is 81.5 Å². The van der Waals surface area contributed by atoms with Gasteiger partial charge in [0.05, 0.1) is 5.33 Å². The second kappa shape index (κ2) is 3.88. The van der Waals surface area contributed by atoms with Crippen molar-refractivity contribution >= 4 is 21.7 Å². The molecule has 70 valence electrons. The first-order chi connectivity index (χ1) is 5.58. The van der Waals surface area contributed by atoms with E-state index >= 15 is 0 Å². The molecule has 0 aromatic carbocycles. The average Bonchev–Trinajstić information content (AvgIpc) is 2.09. The van der Waals surface area contributed by atoms with Gasteiger partial charge in [-0.05, 0) is 31.6 Å². The van der Waals surface area contributed by atoms with Gasteiger partial charge in [-0.25, -0.2) is 0 Å². The third kappa shape index (κ3) is 2.07. The van der Waals surface area contributed by atoms with Crippen LogP contribution in [0.3, 0.4) is 0 Å². The zero-order chi connectivity index (χ0) is 9.19. The van der Waals surface area contributed by atoms with Gasteiger partial charge in [-0.3, -0.25) is 4.79 Å². The lowest BCUT2D eigenvalue weighted by atomic mass is 9.78. The van der Waals surface area contributed by atoms with Gasteiger partial charge in [-0.1, -0.05) is 22.9 Å². The molecule has 1 N–H and O–H groups in total. The molecule has 1 fully saturated rings. The highest BCUT2D eigenvalue weighted by atomic mass is 79.9. The van der Waals surface area contributed by atoms with Crippen LogP contribution in [0.1, 0.15) is 32.6 Å². The molecule has 2 nitrogen and oxygen atoms in total. The fourth-order valence-electron chi connectivity index (χ4n) is 1.64. The Morgan fingerprint density at radius 3 is 2.50 bits per heavy atom. The Balaban J connectivity index is 2.55. The number of Topliss-reactive ketones (excluding diaryl/α,β-unsaturated/α-hetero) is 1. The van der Waals surface area contributed by atoms with Crippen molar-refractivity contribution in [3.8, 4) is 0 Å². The van der Waals surface area contributed by atoms with Crippen molar-refractivity contribution in [2.75, 3.05) is 5.33 Å². The maximum Gasteiger partial charge on any atom is 0.174 e. The first-order valence-corrected chi connectivity index (χ1v) is 5.52. The number of ketones is 1. The maximum atomic E-state index is 11.3. The smallest absolute Gasteiger partial charge is 0.174 e. The quantitative estimate of drug-likeness (QED) is 0.742. The molecule has 3 heteroatoms. The predicted octanol–water partition coefficient (Wildman–Crippen LogP) is 1.89. The van der Waals surface area contributed by atoms with E-state index in [-0.39, 0.29) is 11.1 Å². The van der Waals surface area contributed by atoms with Crippen LogP contribution in [0, 0.1) is 5.92 Å². The lowest BCUT2D eigenvalue weighted by Gasteiger charge is -2.32. The van der Waals surface area contributed by atoms with Crippen LogP contribution >= 0.6 is 15.9 Å². The highest BCUT2D eigenvalue weighted by Gasteiger charge is 2.37. The van der Waals surface area contributed by atoms with E-state index in [0.29, 0.717) is 18.8 Å². The first-order valence-electron chi connectivity index (χ1n) is 4.40. The van der Waals surface area contributed by atoms with Gasteiger partial charge in [0.15, 0.2) is 5.78 Å². The summed E-state index contributed by atoms with van der Waals surface area (Å²) in [4.78, 5) is 11.3. The molecule has 12 heavy (non-hydrogen) atoms. The van der Waals surface area contributed by atoms with Gasteiger partial charge in [0.1, 0.15) is 5.60 Å². The van der Waals surface area contributed by atoms with Gasteiger partial charge in [0.2, 0.25) is 0 Å². The number of alkyl halides is 1. The van der Waals surface area contributed by atoms with Crippen molar-refractivity contribution < 1.29 is 9.90 Å². The molecular weight excluding hydrogens is 220 g/mol. The van der Waals surface area contributed by atoms with Gasteiger partial charge in [-0.15, -0.1) is 0 Å². The molecule has 1 saturated carbocycles. The summed E-state index contributed by atoms with van der Waals surface area (Å²) in [6.07, 6.45) is 3.21. The predicted molar refractivity (Wildman–Crippen MR) is 51.4 cm³/mol. The van der Waals surface area contributed by atoms with E-state index in [1.165, 1.54) is 0 Å². The molecule has 0 amide bonds. The molecule has 0 aromatic rings. The molecule has 0 aliphatic heterocycles.